The number of hydrogen-bond donors (Lipinski definition) is 2. The van der Waals surface area contributed by atoms with E-state index in [4.69, 9.17) is 23.8 Å². The molecule has 0 bridgehead atoms. The minimum Gasteiger partial charge on any atom is -0.378 e. The van der Waals surface area contributed by atoms with E-state index in [2.05, 4.69) is 38.3 Å². The van der Waals surface area contributed by atoms with E-state index in [1.54, 1.807) is 0 Å². The summed E-state index contributed by atoms with van der Waals surface area (Å²) < 4.78 is 41.1. The average Bonchev–Trinajstić information content (AvgIpc) is 2.69. The van der Waals surface area contributed by atoms with Crippen LogP contribution in [0.25, 0.3) is 0 Å². The second kappa shape index (κ2) is 10.1. The summed E-state index contributed by atoms with van der Waals surface area (Å²) in [5.74, 6) is 0. The van der Waals surface area contributed by atoms with Gasteiger partial charge >= 0.3 is 6.18 Å². The molecule has 0 atom stereocenters. The Balaban J connectivity index is 1.96. The van der Waals surface area contributed by atoms with E-state index in [0.717, 1.165) is 30.2 Å². The normalized spacial score (nSPS) is 17.7. The fraction of sp³-hybridized carbons (Fsp3) is 0.500. The zero-order chi connectivity index (χ0) is 26.2. The van der Waals surface area contributed by atoms with Crippen LogP contribution in [-0.4, -0.2) is 41.2 Å². The zero-order valence-corrected chi connectivity index (χ0v) is 22.6. The van der Waals surface area contributed by atoms with E-state index < -0.39 is 11.7 Å². The monoisotopic (exact) mass is 526 g/mol. The fourth-order valence-corrected chi connectivity index (χ4v) is 5.50. The van der Waals surface area contributed by atoms with Gasteiger partial charge in [0.15, 0.2) is 5.11 Å². The van der Waals surface area contributed by atoms with Crippen molar-refractivity contribution >= 4 is 40.3 Å². The van der Waals surface area contributed by atoms with Crippen LogP contribution in [0, 0.1) is 0 Å². The van der Waals surface area contributed by atoms with Crippen molar-refractivity contribution in [3.05, 3.63) is 58.6 Å². The second-order valence-corrected chi connectivity index (χ2v) is 11.6. The predicted molar refractivity (Wildman–Crippen MR) is 143 cm³/mol. The number of thiocarbonyl (C=S) groups is 1. The number of halogens is 4. The lowest BCUT2D eigenvalue weighted by Gasteiger charge is -2.50. The van der Waals surface area contributed by atoms with Crippen LogP contribution >= 0.6 is 23.8 Å². The maximum Gasteiger partial charge on any atom is 0.418 e. The smallest absolute Gasteiger partial charge is 0.378 e. The van der Waals surface area contributed by atoms with Crippen molar-refractivity contribution in [2.24, 2.45) is 0 Å². The van der Waals surface area contributed by atoms with Crippen LogP contribution < -0.4 is 15.5 Å². The van der Waals surface area contributed by atoms with E-state index >= 15 is 0 Å². The van der Waals surface area contributed by atoms with Gasteiger partial charge in [-0.25, -0.2) is 0 Å². The molecule has 192 valence electrons. The van der Waals surface area contributed by atoms with Crippen LogP contribution in [0.15, 0.2) is 42.5 Å². The van der Waals surface area contributed by atoms with Gasteiger partial charge in [0.2, 0.25) is 0 Å². The van der Waals surface area contributed by atoms with Gasteiger partial charge in [0, 0.05) is 48.5 Å². The van der Waals surface area contributed by atoms with Crippen molar-refractivity contribution in [1.29, 1.82) is 0 Å². The van der Waals surface area contributed by atoms with Crippen LogP contribution in [0.4, 0.5) is 24.5 Å². The molecule has 2 aromatic rings. The molecule has 2 aromatic carbocycles. The summed E-state index contributed by atoms with van der Waals surface area (Å²) in [5.41, 5.74) is 0.820. The van der Waals surface area contributed by atoms with E-state index in [9.17, 15) is 13.2 Å². The molecule has 0 spiro atoms. The molecule has 9 heteroatoms. The predicted octanol–water partition coefficient (Wildman–Crippen LogP) is 6.93. The van der Waals surface area contributed by atoms with Crippen LogP contribution in [0.3, 0.4) is 0 Å². The topological polar surface area (TPSA) is 30.5 Å². The van der Waals surface area contributed by atoms with Crippen LogP contribution in [0.5, 0.6) is 0 Å². The van der Waals surface area contributed by atoms with Gasteiger partial charge < -0.3 is 20.4 Å². The highest BCUT2D eigenvalue weighted by Crippen LogP contribution is 2.37. The number of alkyl halides is 3. The summed E-state index contributed by atoms with van der Waals surface area (Å²) in [5, 5.41) is 7.00. The summed E-state index contributed by atoms with van der Waals surface area (Å²) in [7, 11) is 3.95. The van der Waals surface area contributed by atoms with Gasteiger partial charge in [0.1, 0.15) is 0 Å². The summed E-state index contributed by atoms with van der Waals surface area (Å²) in [6.45, 7) is 9.03. The first-order chi connectivity index (χ1) is 16.1. The molecule has 35 heavy (non-hydrogen) atoms. The molecule has 3 rings (SSSR count). The van der Waals surface area contributed by atoms with Crippen LogP contribution in [0.1, 0.15) is 51.7 Å². The Morgan fingerprint density at radius 1 is 1.06 bits per heavy atom. The van der Waals surface area contributed by atoms with Crippen molar-refractivity contribution in [2.75, 3.05) is 24.3 Å². The molecule has 1 saturated heterocycles. The third-order valence-electron chi connectivity index (χ3n) is 6.20. The lowest BCUT2D eigenvalue weighted by molar-refractivity contribution is -0.136. The van der Waals surface area contributed by atoms with Gasteiger partial charge in [-0.1, -0.05) is 23.7 Å². The summed E-state index contributed by atoms with van der Waals surface area (Å²) in [6.07, 6.45) is -2.96. The first-order valence-corrected chi connectivity index (χ1v) is 12.3. The largest absolute Gasteiger partial charge is 0.418 e. The SMILES string of the molecule is CN(C)c1ccc(CN(C(=S)Nc2cc(Cl)ccc2C(F)(F)F)C2CC(C)(C)NC(C)(C)C2)cc1. The second-order valence-electron chi connectivity index (χ2n) is 10.8. The van der Waals surface area contributed by atoms with Crippen molar-refractivity contribution in [3.8, 4) is 0 Å². The zero-order valence-electron chi connectivity index (χ0n) is 21.1. The minimum absolute atomic E-state index is 0.0169. The fourth-order valence-electron chi connectivity index (χ4n) is 5.01. The lowest BCUT2D eigenvalue weighted by atomic mass is 9.79. The quantitative estimate of drug-likeness (QED) is 0.412. The molecular weight excluding hydrogens is 493 g/mol. The number of anilines is 2. The molecule has 1 aliphatic rings. The molecule has 0 aromatic heterocycles. The third-order valence-corrected chi connectivity index (χ3v) is 6.78. The van der Waals surface area contributed by atoms with Gasteiger partial charge in [0.25, 0.3) is 0 Å². The van der Waals surface area contributed by atoms with Crippen LogP contribution in [0.2, 0.25) is 5.02 Å². The Morgan fingerprint density at radius 3 is 2.14 bits per heavy atom. The number of hydrogen-bond acceptors (Lipinski definition) is 3. The van der Waals surface area contributed by atoms with Gasteiger partial charge in [-0.15, -0.1) is 0 Å². The summed E-state index contributed by atoms with van der Waals surface area (Å²) in [6, 6.07) is 11.6. The molecule has 0 saturated carbocycles. The number of nitrogens with zero attached hydrogens (tertiary/aromatic N) is 2. The van der Waals surface area contributed by atoms with Crippen molar-refractivity contribution < 1.29 is 13.2 Å². The Morgan fingerprint density at radius 2 is 1.63 bits per heavy atom. The lowest BCUT2D eigenvalue weighted by Crippen LogP contribution is -2.63. The molecule has 0 aliphatic carbocycles. The maximum atomic E-state index is 13.7. The number of rotatable bonds is 5. The molecular formula is C26H34ClF3N4S. The first-order valence-electron chi connectivity index (χ1n) is 11.6. The third kappa shape index (κ3) is 7.24. The highest BCUT2D eigenvalue weighted by Gasteiger charge is 2.41. The Labute approximate surface area is 216 Å². The van der Waals surface area contributed by atoms with Gasteiger partial charge in [-0.05, 0) is 88.6 Å². The van der Waals surface area contributed by atoms with Crippen LogP contribution in [-0.2, 0) is 12.7 Å². The molecule has 1 fully saturated rings. The molecule has 0 unspecified atom stereocenters. The van der Waals surface area contributed by atoms with Gasteiger partial charge in [-0.2, -0.15) is 13.2 Å². The Kier molecular flexibility index (Phi) is 7.99. The number of piperidine rings is 1. The molecule has 0 radical (unpaired) electrons. The molecule has 1 heterocycles. The van der Waals surface area contributed by atoms with Gasteiger partial charge in [0.05, 0.1) is 11.3 Å². The van der Waals surface area contributed by atoms with E-state index in [1.165, 1.54) is 12.1 Å². The van der Waals surface area contributed by atoms with Gasteiger partial charge in [-0.3, -0.25) is 0 Å². The van der Waals surface area contributed by atoms with E-state index in [1.807, 2.05) is 48.2 Å². The van der Waals surface area contributed by atoms with Crippen molar-refractivity contribution in [3.63, 3.8) is 0 Å². The highest BCUT2D eigenvalue weighted by molar-refractivity contribution is 7.80. The Bertz CT molecular complexity index is 1040. The molecule has 0 amide bonds. The molecule has 1 aliphatic heterocycles. The van der Waals surface area contributed by atoms with E-state index in [-0.39, 0.29) is 32.9 Å². The molecule has 2 N–H and O–H groups in total. The average molecular weight is 527 g/mol. The first kappa shape index (κ1) is 27.6. The van der Waals surface area contributed by atoms with Crippen molar-refractivity contribution in [1.82, 2.24) is 10.2 Å². The molecule has 4 nitrogen and oxygen atoms in total. The maximum absolute atomic E-state index is 13.7. The van der Waals surface area contributed by atoms with E-state index in [0.29, 0.717) is 6.54 Å². The number of nitrogens with one attached hydrogen (secondary N) is 2. The van der Waals surface area contributed by atoms with Crippen molar-refractivity contribution in [2.45, 2.75) is 70.4 Å². The standard InChI is InChI=1S/C26H34ClF3N4S/c1-24(2)14-20(15-25(3,4)32-24)34(16-17-7-10-19(11-8-17)33(5)6)23(35)31-22-13-18(27)9-12-21(22)26(28,29)30/h7-13,20,32H,14-16H2,1-6H3,(H,31,35). The number of benzene rings is 2. The minimum atomic E-state index is -4.53. The summed E-state index contributed by atoms with van der Waals surface area (Å²) >= 11 is 11.8. The highest BCUT2D eigenvalue weighted by atomic mass is 35.5. The summed E-state index contributed by atoms with van der Waals surface area (Å²) in [4.78, 5) is 4.04. The Hall–Kier alpha value is -2.03.